The number of thioether (sulfide) groups is 1. The van der Waals surface area contributed by atoms with E-state index in [9.17, 15) is 0 Å². The zero-order chi connectivity index (χ0) is 18.6. The molecule has 0 aliphatic rings. The molecule has 0 unspecified atom stereocenters. The van der Waals surface area contributed by atoms with Crippen molar-refractivity contribution < 1.29 is 0 Å². The Hall–Kier alpha value is -2.28. The summed E-state index contributed by atoms with van der Waals surface area (Å²) in [6.07, 6.45) is 7.64. The fourth-order valence-corrected chi connectivity index (χ4v) is 3.90. The highest BCUT2D eigenvalue weighted by atomic mass is 35.5. The highest BCUT2D eigenvalue weighted by Crippen LogP contribution is 2.36. The fourth-order valence-electron chi connectivity index (χ4n) is 2.52. The van der Waals surface area contributed by atoms with Gasteiger partial charge in [-0.3, -0.25) is 0 Å². The van der Waals surface area contributed by atoms with Crippen LogP contribution in [-0.4, -0.2) is 26.0 Å². The standard InChI is InChI=1S/C20H15ClN4S2/c1-26-20-22-11-14(12-23-20)19-18(27-17-9-7-15(21)8-10-17)13-25(24-19)16-5-3-2-4-6-16/h2-13H,1H3. The Morgan fingerprint density at radius 1 is 0.926 bits per heavy atom. The number of halogens is 1. The van der Waals surface area contributed by atoms with Gasteiger partial charge < -0.3 is 0 Å². The van der Waals surface area contributed by atoms with Gasteiger partial charge in [0.25, 0.3) is 0 Å². The molecule has 0 atom stereocenters. The summed E-state index contributed by atoms with van der Waals surface area (Å²) in [6.45, 7) is 0. The van der Waals surface area contributed by atoms with Gasteiger partial charge >= 0.3 is 0 Å². The highest BCUT2D eigenvalue weighted by molar-refractivity contribution is 7.99. The number of benzene rings is 2. The van der Waals surface area contributed by atoms with Crippen molar-refractivity contribution in [3.05, 3.63) is 78.2 Å². The Morgan fingerprint density at radius 2 is 1.63 bits per heavy atom. The first-order chi connectivity index (χ1) is 13.2. The number of hydrogen-bond acceptors (Lipinski definition) is 5. The lowest BCUT2D eigenvalue weighted by atomic mass is 10.2. The fraction of sp³-hybridized carbons (Fsp3) is 0.0500. The van der Waals surface area contributed by atoms with E-state index in [4.69, 9.17) is 16.7 Å². The normalized spacial score (nSPS) is 10.9. The van der Waals surface area contributed by atoms with E-state index in [1.807, 2.05) is 84.1 Å². The number of hydrogen-bond donors (Lipinski definition) is 0. The molecule has 0 fully saturated rings. The Labute approximate surface area is 171 Å². The zero-order valence-corrected chi connectivity index (χ0v) is 16.8. The minimum atomic E-state index is 0.723. The average Bonchev–Trinajstić information content (AvgIpc) is 3.14. The lowest BCUT2D eigenvalue weighted by Crippen LogP contribution is -1.94. The van der Waals surface area contributed by atoms with E-state index in [-0.39, 0.29) is 0 Å². The summed E-state index contributed by atoms with van der Waals surface area (Å²) in [5, 5.41) is 6.27. The number of rotatable bonds is 5. The van der Waals surface area contributed by atoms with Gasteiger partial charge in [0.1, 0.15) is 5.69 Å². The smallest absolute Gasteiger partial charge is 0.187 e. The molecule has 0 N–H and O–H groups in total. The highest BCUT2D eigenvalue weighted by Gasteiger charge is 2.15. The van der Waals surface area contributed by atoms with Gasteiger partial charge in [-0.15, -0.1) is 0 Å². The number of aromatic nitrogens is 4. The van der Waals surface area contributed by atoms with Gasteiger partial charge in [-0.05, 0) is 42.7 Å². The lowest BCUT2D eigenvalue weighted by molar-refractivity contribution is 0.880. The second kappa shape index (κ2) is 8.17. The first-order valence-corrected chi connectivity index (χ1v) is 10.6. The first kappa shape index (κ1) is 18.1. The van der Waals surface area contributed by atoms with Crippen molar-refractivity contribution in [3.63, 3.8) is 0 Å². The molecule has 0 saturated carbocycles. The molecule has 0 aliphatic heterocycles. The second-order valence-corrected chi connectivity index (χ2v) is 7.96. The topological polar surface area (TPSA) is 43.6 Å². The molecule has 0 spiro atoms. The summed E-state index contributed by atoms with van der Waals surface area (Å²) in [7, 11) is 0. The molecule has 7 heteroatoms. The lowest BCUT2D eigenvalue weighted by Gasteiger charge is -2.03. The number of para-hydroxylation sites is 1. The Morgan fingerprint density at radius 3 is 2.30 bits per heavy atom. The van der Waals surface area contributed by atoms with Crippen LogP contribution in [0.5, 0.6) is 0 Å². The number of nitrogens with zero attached hydrogens (tertiary/aromatic N) is 4. The van der Waals surface area contributed by atoms with Crippen molar-refractivity contribution in [2.75, 3.05) is 6.26 Å². The Bertz CT molecular complexity index is 1030. The summed E-state index contributed by atoms with van der Waals surface area (Å²) in [5.41, 5.74) is 2.74. The van der Waals surface area contributed by atoms with E-state index < -0.39 is 0 Å². The molecule has 4 nitrogen and oxygen atoms in total. The van der Waals surface area contributed by atoms with E-state index in [0.29, 0.717) is 0 Å². The summed E-state index contributed by atoms with van der Waals surface area (Å²) in [6, 6.07) is 17.8. The molecule has 0 radical (unpaired) electrons. The van der Waals surface area contributed by atoms with Crippen molar-refractivity contribution in [1.29, 1.82) is 0 Å². The van der Waals surface area contributed by atoms with Crippen LogP contribution in [0.3, 0.4) is 0 Å². The van der Waals surface area contributed by atoms with E-state index in [1.165, 1.54) is 11.8 Å². The Balaban J connectivity index is 1.76. The van der Waals surface area contributed by atoms with Crippen LogP contribution in [0.15, 0.2) is 88.1 Å². The van der Waals surface area contributed by atoms with Crippen LogP contribution >= 0.6 is 35.1 Å². The molecule has 4 aromatic rings. The third-order valence-electron chi connectivity index (χ3n) is 3.83. The van der Waals surface area contributed by atoms with Gasteiger partial charge in [0.15, 0.2) is 5.16 Å². The maximum absolute atomic E-state index is 6.01. The summed E-state index contributed by atoms with van der Waals surface area (Å²) in [5.74, 6) is 0. The molecule has 0 saturated heterocycles. The second-order valence-electron chi connectivity index (χ2n) is 5.64. The van der Waals surface area contributed by atoms with Crippen LogP contribution in [0, 0.1) is 0 Å². The minimum absolute atomic E-state index is 0.723. The van der Waals surface area contributed by atoms with E-state index in [2.05, 4.69) is 9.97 Å². The average molecular weight is 411 g/mol. The van der Waals surface area contributed by atoms with Crippen LogP contribution in [0.4, 0.5) is 0 Å². The van der Waals surface area contributed by atoms with E-state index >= 15 is 0 Å². The molecule has 27 heavy (non-hydrogen) atoms. The third kappa shape index (κ3) is 4.18. The maximum atomic E-state index is 6.01. The molecule has 0 aliphatic carbocycles. The molecule has 2 aromatic carbocycles. The van der Waals surface area contributed by atoms with Gasteiger partial charge in [0.2, 0.25) is 0 Å². The quantitative estimate of drug-likeness (QED) is 0.304. The van der Waals surface area contributed by atoms with Crippen molar-refractivity contribution in [2.24, 2.45) is 0 Å². The van der Waals surface area contributed by atoms with Crippen molar-refractivity contribution in [1.82, 2.24) is 19.7 Å². The predicted molar refractivity (Wildman–Crippen MR) is 112 cm³/mol. The van der Waals surface area contributed by atoms with E-state index in [0.717, 1.165) is 36.9 Å². The summed E-state index contributed by atoms with van der Waals surface area (Å²) >= 11 is 9.17. The maximum Gasteiger partial charge on any atom is 0.187 e. The molecule has 2 aromatic heterocycles. The largest absolute Gasteiger partial charge is 0.239 e. The molecule has 0 bridgehead atoms. The molecule has 4 rings (SSSR count). The zero-order valence-electron chi connectivity index (χ0n) is 14.4. The van der Waals surface area contributed by atoms with Gasteiger partial charge in [-0.2, -0.15) is 5.10 Å². The monoisotopic (exact) mass is 410 g/mol. The van der Waals surface area contributed by atoms with Crippen molar-refractivity contribution in [2.45, 2.75) is 14.9 Å². The summed E-state index contributed by atoms with van der Waals surface area (Å²) < 4.78 is 1.88. The molecule has 0 amide bonds. The van der Waals surface area contributed by atoms with E-state index in [1.54, 1.807) is 11.8 Å². The summed E-state index contributed by atoms with van der Waals surface area (Å²) in [4.78, 5) is 10.9. The van der Waals surface area contributed by atoms with Gasteiger partial charge in [-0.1, -0.05) is 53.3 Å². The van der Waals surface area contributed by atoms with Crippen LogP contribution < -0.4 is 0 Å². The van der Waals surface area contributed by atoms with Gasteiger partial charge in [0.05, 0.1) is 10.6 Å². The van der Waals surface area contributed by atoms with Gasteiger partial charge in [0, 0.05) is 34.1 Å². The molecular weight excluding hydrogens is 396 g/mol. The third-order valence-corrected chi connectivity index (χ3v) is 5.68. The van der Waals surface area contributed by atoms with Crippen LogP contribution in [0.25, 0.3) is 16.9 Å². The van der Waals surface area contributed by atoms with Crippen LogP contribution in [0.2, 0.25) is 5.02 Å². The SMILES string of the molecule is CSc1ncc(-c2nn(-c3ccccc3)cc2Sc2ccc(Cl)cc2)cn1. The molecule has 2 heterocycles. The van der Waals surface area contributed by atoms with Crippen LogP contribution in [-0.2, 0) is 0 Å². The van der Waals surface area contributed by atoms with Crippen molar-refractivity contribution >= 4 is 35.1 Å². The molecular formula is C20H15ClN4S2. The molecule has 134 valence electrons. The Kier molecular flexibility index (Phi) is 5.48. The van der Waals surface area contributed by atoms with Crippen LogP contribution in [0.1, 0.15) is 0 Å². The first-order valence-electron chi connectivity index (χ1n) is 8.18. The van der Waals surface area contributed by atoms with Gasteiger partial charge in [-0.25, -0.2) is 14.6 Å². The predicted octanol–water partition coefficient (Wildman–Crippen LogP) is 5.86. The van der Waals surface area contributed by atoms with Crippen molar-refractivity contribution in [3.8, 4) is 16.9 Å². The minimum Gasteiger partial charge on any atom is -0.239 e.